The number of carbonyl (C=O) groups is 1. The van der Waals surface area contributed by atoms with E-state index in [1.807, 2.05) is 35.8 Å². The van der Waals surface area contributed by atoms with Gasteiger partial charge in [0.25, 0.3) is 0 Å². The number of ether oxygens (including phenoxy) is 1. The van der Waals surface area contributed by atoms with Gasteiger partial charge in [-0.3, -0.25) is 4.79 Å². The number of methoxy groups -OCH3 is 1. The average molecular weight is 355 g/mol. The number of rotatable bonds is 8. The third kappa shape index (κ3) is 5.53. The predicted molar refractivity (Wildman–Crippen MR) is 90.6 cm³/mol. The fraction of sp³-hybridized carbons (Fsp3) is 0.400. The van der Waals surface area contributed by atoms with Crippen molar-refractivity contribution in [2.24, 2.45) is 0 Å². The molecule has 1 amide bonds. The maximum Gasteiger partial charge on any atom is 0.230 e. The molecule has 124 valence electrons. The Kier molecular flexibility index (Phi) is 6.88. The summed E-state index contributed by atoms with van der Waals surface area (Å²) in [6, 6.07) is 7.36. The normalized spacial score (nSPS) is 12.1. The molecule has 2 rings (SSSR count). The summed E-state index contributed by atoms with van der Waals surface area (Å²) in [5, 5.41) is 12.2. The minimum absolute atomic E-state index is 0.0567. The number of aromatic nitrogens is 3. The summed E-state index contributed by atoms with van der Waals surface area (Å²) >= 11 is 7.22. The molecule has 0 bridgehead atoms. The van der Waals surface area contributed by atoms with Crippen LogP contribution < -0.4 is 5.32 Å². The number of halogens is 1. The highest BCUT2D eigenvalue weighted by Crippen LogP contribution is 2.18. The summed E-state index contributed by atoms with van der Waals surface area (Å²) in [6.07, 6.45) is 1.63. The SMILES string of the molecule is COCCn1cnnc1SCC(=O)NC(C)c1ccc(Cl)cc1. The maximum atomic E-state index is 12.1. The molecule has 1 heterocycles. The van der Waals surface area contributed by atoms with Crippen LogP contribution in [-0.4, -0.2) is 40.1 Å². The third-order valence-electron chi connectivity index (χ3n) is 3.20. The van der Waals surface area contributed by atoms with Gasteiger partial charge in [0, 0.05) is 18.7 Å². The molecule has 1 aromatic carbocycles. The Balaban J connectivity index is 1.83. The quantitative estimate of drug-likeness (QED) is 0.738. The van der Waals surface area contributed by atoms with E-state index in [2.05, 4.69) is 15.5 Å². The Labute approximate surface area is 144 Å². The summed E-state index contributed by atoms with van der Waals surface area (Å²) in [5.74, 6) is 0.225. The Hall–Kier alpha value is -1.57. The van der Waals surface area contributed by atoms with Crippen LogP contribution in [0.15, 0.2) is 35.7 Å². The molecule has 1 atom stereocenters. The third-order valence-corrected chi connectivity index (χ3v) is 4.43. The van der Waals surface area contributed by atoms with Crippen LogP contribution >= 0.6 is 23.4 Å². The molecule has 1 aromatic heterocycles. The number of thioether (sulfide) groups is 1. The first-order chi connectivity index (χ1) is 11.1. The van der Waals surface area contributed by atoms with Crippen molar-refractivity contribution in [3.05, 3.63) is 41.2 Å². The zero-order valence-electron chi connectivity index (χ0n) is 13.0. The first-order valence-corrected chi connectivity index (χ1v) is 8.51. The first-order valence-electron chi connectivity index (χ1n) is 7.14. The Morgan fingerprint density at radius 2 is 2.17 bits per heavy atom. The molecule has 0 spiro atoms. The van der Waals surface area contributed by atoms with Crippen LogP contribution in [0.5, 0.6) is 0 Å². The lowest BCUT2D eigenvalue weighted by atomic mass is 10.1. The van der Waals surface area contributed by atoms with E-state index < -0.39 is 0 Å². The molecule has 0 aliphatic heterocycles. The summed E-state index contributed by atoms with van der Waals surface area (Å²) in [5.41, 5.74) is 1.01. The minimum Gasteiger partial charge on any atom is -0.383 e. The van der Waals surface area contributed by atoms with E-state index in [9.17, 15) is 4.79 Å². The largest absolute Gasteiger partial charge is 0.383 e. The number of carbonyl (C=O) groups excluding carboxylic acids is 1. The van der Waals surface area contributed by atoms with Gasteiger partial charge in [0.2, 0.25) is 5.91 Å². The Bertz CT molecular complexity index is 633. The topological polar surface area (TPSA) is 69.0 Å². The van der Waals surface area contributed by atoms with Crippen molar-refractivity contribution in [1.82, 2.24) is 20.1 Å². The molecule has 0 saturated carbocycles. The molecule has 0 fully saturated rings. The van der Waals surface area contributed by atoms with Gasteiger partial charge < -0.3 is 14.6 Å². The molecule has 0 aliphatic rings. The molecule has 8 heteroatoms. The average Bonchev–Trinajstić information content (AvgIpc) is 2.99. The van der Waals surface area contributed by atoms with Crippen LogP contribution in [0.2, 0.25) is 5.02 Å². The lowest BCUT2D eigenvalue weighted by Crippen LogP contribution is -2.28. The van der Waals surface area contributed by atoms with Crippen molar-refractivity contribution in [3.8, 4) is 0 Å². The number of hydrogen-bond donors (Lipinski definition) is 1. The zero-order valence-corrected chi connectivity index (χ0v) is 14.6. The molecule has 1 N–H and O–H groups in total. The highest BCUT2D eigenvalue weighted by atomic mass is 35.5. The lowest BCUT2D eigenvalue weighted by molar-refractivity contribution is -0.119. The maximum absolute atomic E-state index is 12.1. The second-order valence-electron chi connectivity index (χ2n) is 4.93. The summed E-state index contributed by atoms with van der Waals surface area (Å²) in [7, 11) is 1.64. The van der Waals surface area contributed by atoms with E-state index >= 15 is 0 Å². The van der Waals surface area contributed by atoms with Crippen LogP contribution in [0, 0.1) is 0 Å². The van der Waals surface area contributed by atoms with Gasteiger partial charge in [-0.25, -0.2) is 0 Å². The number of nitrogens with zero attached hydrogens (tertiary/aromatic N) is 3. The second kappa shape index (κ2) is 8.90. The van der Waals surface area contributed by atoms with Crippen LogP contribution in [0.3, 0.4) is 0 Å². The van der Waals surface area contributed by atoms with Crippen molar-refractivity contribution >= 4 is 29.3 Å². The Morgan fingerprint density at radius 1 is 1.43 bits per heavy atom. The highest BCUT2D eigenvalue weighted by Gasteiger charge is 2.12. The van der Waals surface area contributed by atoms with E-state index in [-0.39, 0.29) is 17.7 Å². The molecule has 0 saturated heterocycles. The van der Waals surface area contributed by atoms with Crippen molar-refractivity contribution < 1.29 is 9.53 Å². The molecule has 0 aliphatic carbocycles. The number of benzene rings is 1. The fourth-order valence-electron chi connectivity index (χ4n) is 1.95. The zero-order chi connectivity index (χ0) is 16.7. The van der Waals surface area contributed by atoms with Crippen molar-refractivity contribution in [2.75, 3.05) is 19.5 Å². The van der Waals surface area contributed by atoms with E-state index in [0.29, 0.717) is 23.3 Å². The molecular weight excluding hydrogens is 336 g/mol. The van der Waals surface area contributed by atoms with Crippen LogP contribution in [0.25, 0.3) is 0 Å². The number of hydrogen-bond acceptors (Lipinski definition) is 5. The van der Waals surface area contributed by atoms with E-state index in [4.69, 9.17) is 16.3 Å². The molecule has 2 aromatic rings. The molecular formula is C15H19ClN4O2S. The monoisotopic (exact) mass is 354 g/mol. The second-order valence-corrected chi connectivity index (χ2v) is 6.31. The van der Waals surface area contributed by atoms with Gasteiger partial charge in [0.15, 0.2) is 5.16 Å². The van der Waals surface area contributed by atoms with Crippen LogP contribution in [0.4, 0.5) is 0 Å². The standard InChI is InChI=1S/C15H19ClN4O2S/c1-11(12-3-5-13(16)6-4-12)18-14(21)9-23-15-19-17-10-20(15)7-8-22-2/h3-6,10-11H,7-9H2,1-2H3,(H,18,21). The lowest BCUT2D eigenvalue weighted by Gasteiger charge is -2.14. The number of amides is 1. The fourth-order valence-corrected chi connectivity index (χ4v) is 2.83. The Morgan fingerprint density at radius 3 is 2.87 bits per heavy atom. The van der Waals surface area contributed by atoms with Gasteiger partial charge in [-0.1, -0.05) is 35.5 Å². The van der Waals surface area contributed by atoms with E-state index in [1.165, 1.54) is 11.8 Å². The summed E-state index contributed by atoms with van der Waals surface area (Å²) in [6.45, 7) is 3.17. The van der Waals surface area contributed by atoms with Crippen LogP contribution in [-0.2, 0) is 16.1 Å². The van der Waals surface area contributed by atoms with Gasteiger partial charge in [-0.2, -0.15) is 0 Å². The molecule has 6 nitrogen and oxygen atoms in total. The van der Waals surface area contributed by atoms with E-state index in [0.717, 1.165) is 5.56 Å². The van der Waals surface area contributed by atoms with Gasteiger partial charge >= 0.3 is 0 Å². The predicted octanol–water partition coefficient (Wildman–Crippen LogP) is 2.55. The van der Waals surface area contributed by atoms with Crippen molar-refractivity contribution in [1.29, 1.82) is 0 Å². The van der Waals surface area contributed by atoms with Gasteiger partial charge in [0.05, 0.1) is 18.4 Å². The molecule has 1 unspecified atom stereocenters. The number of nitrogens with one attached hydrogen (secondary N) is 1. The molecule has 23 heavy (non-hydrogen) atoms. The smallest absolute Gasteiger partial charge is 0.230 e. The highest BCUT2D eigenvalue weighted by molar-refractivity contribution is 7.99. The van der Waals surface area contributed by atoms with Gasteiger partial charge in [-0.05, 0) is 24.6 Å². The minimum atomic E-state index is -0.0771. The van der Waals surface area contributed by atoms with Crippen molar-refractivity contribution in [3.63, 3.8) is 0 Å². The van der Waals surface area contributed by atoms with Crippen LogP contribution in [0.1, 0.15) is 18.5 Å². The first kappa shape index (κ1) is 17.8. The summed E-state index contributed by atoms with van der Waals surface area (Å²) in [4.78, 5) is 12.1. The molecule has 0 radical (unpaired) electrons. The van der Waals surface area contributed by atoms with Gasteiger partial charge in [-0.15, -0.1) is 10.2 Å². The van der Waals surface area contributed by atoms with Crippen molar-refractivity contribution in [2.45, 2.75) is 24.7 Å². The van der Waals surface area contributed by atoms with E-state index in [1.54, 1.807) is 13.4 Å². The summed E-state index contributed by atoms with van der Waals surface area (Å²) < 4.78 is 6.90. The van der Waals surface area contributed by atoms with Gasteiger partial charge in [0.1, 0.15) is 6.33 Å².